The Labute approximate surface area is 206 Å². The fraction of sp³-hybridized carbons (Fsp3) is 0.250. The Morgan fingerprint density at radius 3 is 2.46 bits per heavy atom. The van der Waals surface area contributed by atoms with Crippen LogP contribution in [-0.2, 0) is 11.2 Å². The van der Waals surface area contributed by atoms with E-state index in [-0.39, 0.29) is 6.42 Å². The van der Waals surface area contributed by atoms with Gasteiger partial charge in [-0.1, -0.05) is 5.16 Å². The van der Waals surface area contributed by atoms with Gasteiger partial charge in [0.25, 0.3) is 0 Å². The highest BCUT2D eigenvalue weighted by molar-refractivity contribution is 8.15. The lowest BCUT2D eigenvalue weighted by Gasteiger charge is -2.15. The quantitative estimate of drug-likeness (QED) is 0.337. The van der Waals surface area contributed by atoms with E-state index in [1.807, 2.05) is 12.1 Å². The molecule has 0 radical (unpaired) electrons. The molecular weight excluding hydrogens is 470 g/mol. The van der Waals surface area contributed by atoms with E-state index < -0.39 is 6.09 Å². The molecule has 0 bridgehead atoms. The van der Waals surface area contributed by atoms with Crippen LogP contribution in [-0.4, -0.2) is 54.6 Å². The summed E-state index contributed by atoms with van der Waals surface area (Å²) in [5.41, 5.74) is 2.94. The summed E-state index contributed by atoms with van der Waals surface area (Å²) < 4.78 is 20.7. The van der Waals surface area contributed by atoms with Crippen molar-refractivity contribution in [1.82, 2.24) is 10.1 Å². The molecule has 3 aromatic rings. The topological polar surface area (TPSA) is 132 Å². The van der Waals surface area contributed by atoms with Crippen molar-refractivity contribution < 1.29 is 23.5 Å². The van der Waals surface area contributed by atoms with E-state index in [0.717, 1.165) is 5.56 Å². The van der Waals surface area contributed by atoms with E-state index in [1.165, 1.54) is 33.1 Å². The van der Waals surface area contributed by atoms with Gasteiger partial charge in [0.1, 0.15) is 10.8 Å². The Bertz CT molecular complexity index is 1310. The molecule has 0 fully saturated rings. The molecule has 1 amide bonds. The Morgan fingerprint density at radius 2 is 1.91 bits per heavy atom. The second kappa shape index (κ2) is 11.8. The summed E-state index contributed by atoms with van der Waals surface area (Å²) in [5.74, 6) is 1.81. The monoisotopic (exact) mass is 493 g/mol. The number of carbonyl (C=O) groups excluding carboxylic acids is 1. The zero-order valence-electron chi connectivity index (χ0n) is 19.9. The highest BCUT2D eigenvalue weighted by Gasteiger charge is 2.20. The molecule has 0 aliphatic heterocycles. The number of carbonyl (C=O) groups is 1. The standard InChI is InChI=1S/C24H23N5O5S/c1-14-26-22(29-34-14)15-6-8-18(9-7-15)27-20(23(35-5)28-24(30)33-4)17-12-16(10-11-25)21(32-3)19(13-17)31-2/h6-9,12-13H,10H2,1-5H3/b27-20?,28-23-. The molecule has 0 atom stereocenters. The van der Waals surface area contributed by atoms with E-state index in [9.17, 15) is 10.1 Å². The first-order valence-electron chi connectivity index (χ1n) is 10.3. The number of nitriles is 1. The van der Waals surface area contributed by atoms with Gasteiger partial charge in [-0.05, 0) is 42.7 Å². The number of thioether (sulfide) groups is 1. The zero-order chi connectivity index (χ0) is 25.4. The molecule has 1 aromatic heterocycles. The molecular formula is C24H23N5O5S. The molecule has 35 heavy (non-hydrogen) atoms. The molecule has 10 nitrogen and oxygen atoms in total. The number of methoxy groups -OCH3 is 3. The maximum absolute atomic E-state index is 12.0. The smallest absolute Gasteiger partial charge is 0.434 e. The predicted molar refractivity (Wildman–Crippen MR) is 133 cm³/mol. The largest absolute Gasteiger partial charge is 0.493 e. The highest BCUT2D eigenvalue weighted by Crippen LogP contribution is 2.34. The first-order chi connectivity index (χ1) is 16.9. The summed E-state index contributed by atoms with van der Waals surface area (Å²) >= 11 is 1.23. The fourth-order valence-corrected chi connectivity index (χ4v) is 3.71. The van der Waals surface area contributed by atoms with Crippen LogP contribution in [0.5, 0.6) is 11.5 Å². The molecule has 0 spiro atoms. The van der Waals surface area contributed by atoms with Crippen molar-refractivity contribution in [3.63, 3.8) is 0 Å². The lowest BCUT2D eigenvalue weighted by molar-refractivity contribution is 0.183. The Morgan fingerprint density at radius 1 is 1.17 bits per heavy atom. The maximum atomic E-state index is 12.0. The summed E-state index contributed by atoms with van der Waals surface area (Å²) in [5, 5.41) is 13.6. The molecule has 180 valence electrons. The molecule has 2 aromatic carbocycles. The molecule has 0 saturated carbocycles. The Hall–Kier alpha value is -4.17. The second-order valence-electron chi connectivity index (χ2n) is 6.94. The molecule has 0 unspecified atom stereocenters. The third-order valence-electron chi connectivity index (χ3n) is 4.76. The minimum absolute atomic E-state index is 0.0855. The van der Waals surface area contributed by atoms with Gasteiger partial charge >= 0.3 is 6.09 Å². The zero-order valence-corrected chi connectivity index (χ0v) is 20.7. The summed E-state index contributed by atoms with van der Waals surface area (Å²) in [6.07, 6.45) is 1.10. The first kappa shape index (κ1) is 25.5. The van der Waals surface area contributed by atoms with Gasteiger partial charge in [-0.25, -0.2) is 9.79 Å². The molecule has 0 saturated heterocycles. The number of ether oxygens (including phenoxy) is 3. The van der Waals surface area contributed by atoms with Crippen molar-refractivity contribution >= 4 is 34.3 Å². The van der Waals surface area contributed by atoms with E-state index >= 15 is 0 Å². The molecule has 1 heterocycles. The Kier molecular flexibility index (Phi) is 8.58. The van der Waals surface area contributed by atoms with Gasteiger partial charge in [-0.15, -0.1) is 11.8 Å². The van der Waals surface area contributed by atoms with Crippen LogP contribution < -0.4 is 9.47 Å². The van der Waals surface area contributed by atoms with Crippen LogP contribution in [0.2, 0.25) is 0 Å². The lowest BCUT2D eigenvalue weighted by atomic mass is 10.0. The van der Waals surface area contributed by atoms with Crippen molar-refractivity contribution in [2.24, 2.45) is 9.98 Å². The summed E-state index contributed by atoms with van der Waals surface area (Å²) in [7, 11) is 4.26. The molecule has 0 aliphatic carbocycles. The third kappa shape index (κ3) is 6.04. The normalized spacial score (nSPS) is 11.7. The van der Waals surface area contributed by atoms with Crippen LogP contribution in [0.25, 0.3) is 11.4 Å². The number of aromatic nitrogens is 2. The predicted octanol–water partition coefficient (Wildman–Crippen LogP) is 4.78. The van der Waals surface area contributed by atoms with E-state index in [0.29, 0.717) is 50.8 Å². The average Bonchev–Trinajstić information content (AvgIpc) is 3.32. The number of nitrogens with zero attached hydrogens (tertiary/aromatic N) is 5. The van der Waals surface area contributed by atoms with Crippen molar-refractivity contribution in [2.45, 2.75) is 13.3 Å². The second-order valence-corrected chi connectivity index (χ2v) is 7.74. The van der Waals surface area contributed by atoms with E-state index in [4.69, 9.17) is 23.7 Å². The number of aliphatic imine (C=N–C) groups is 2. The minimum Gasteiger partial charge on any atom is -0.493 e. The number of benzene rings is 2. The van der Waals surface area contributed by atoms with Gasteiger partial charge in [0.15, 0.2) is 11.5 Å². The summed E-state index contributed by atoms with van der Waals surface area (Å²) in [4.78, 5) is 25.0. The summed E-state index contributed by atoms with van der Waals surface area (Å²) in [6.45, 7) is 1.72. The van der Waals surface area contributed by atoms with Crippen molar-refractivity contribution in [2.75, 3.05) is 27.6 Å². The highest BCUT2D eigenvalue weighted by atomic mass is 32.2. The van der Waals surface area contributed by atoms with Crippen LogP contribution in [0.1, 0.15) is 17.0 Å². The van der Waals surface area contributed by atoms with Crippen LogP contribution in [0.15, 0.2) is 50.9 Å². The maximum Gasteiger partial charge on any atom is 0.434 e. The number of hydrogen-bond acceptors (Lipinski definition) is 10. The van der Waals surface area contributed by atoms with Gasteiger partial charge in [-0.2, -0.15) is 15.2 Å². The summed E-state index contributed by atoms with van der Waals surface area (Å²) in [6, 6.07) is 12.8. The third-order valence-corrected chi connectivity index (χ3v) is 5.43. The van der Waals surface area contributed by atoms with Crippen molar-refractivity contribution in [1.29, 1.82) is 5.26 Å². The fourth-order valence-electron chi connectivity index (χ4n) is 3.19. The SMILES string of the molecule is COC(=O)/N=C(\SC)C(=Nc1ccc(-c2noc(C)n2)cc1)c1cc(CC#N)c(OC)c(OC)c1. The van der Waals surface area contributed by atoms with Gasteiger partial charge in [0.05, 0.1) is 39.5 Å². The molecule has 0 aliphatic rings. The molecule has 3 rings (SSSR count). The molecule has 11 heteroatoms. The van der Waals surface area contributed by atoms with Gasteiger partial charge in [-0.3, -0.25) is 0 Å². The average molecular weight is 494 g/mol. The van der Waals surface area contributed by atoms with Crippen molar-refractivity contribution in [3.05, 3.63) is 53.4 Å². The van der Waals surface area contributed by atoms with Crippen molar-refractivity contribution in [3.8, 4) is 29.0 Å². The number of amides is 1. The van der Waals surface area contributed by atoms with Gasteiger partial charge in [0.2, 0.25) is 11.7 Å². The van der Waals surface area contributed by atoms with Crippen LogP contribution in [0, 0.1) is 18.3 Å². The number of aryl methyl sites for hydroxylation is 1. The van der Waals surface area contributed by atoms with Crippen LogP contribution in [0.4, 0.5) is 10.5 Å². The lowest BCUT2D eigenvalue weighted by Crippen LogP contribution is -2.15. The van der Waals surface area contributed by atoms with E-state index in [2.05, 4.69) is 21.2 Å². The van der Waals surface area contributed by atoms with Crippen LogP contribution in [0.3, 0.4) is 0 Å². The molecule has 0 N–H and O–H groups in total. The Balaban J connectivity index is 2.18. The van der Waals surface area contributed by atoms with E-state index in [1.54, 1.807) is 37.4 Å². The number of rotatable bonds is 7. The van der Waals surface area contributed by atoms with Gasteiger partial charge in [0, 0.05) is 23.6 Å². The van der Waals surface area contributed by atoms with Gasteiger partial charge < -0.3 is 18.7 Å². The first-order valence-corrected chi connectivity index (χ1v) is 11.5. The number of hydrogen-bond donors (Lipinski definition) is 0. The van der Waals surface area contributed by atoms with Crippen LogP contribution >= 0.6 is 11.8 Å². The minimum atomic E-state index is -0.761.